The smallest absolute Gasteiger partial charge is 0.235 e. The van der Waals surface area contributed by atoms with Crippen molar-refractivity contribution in [2.45, 2.75) is 36.3 Å². The van der Waals surface area contributed by atoms with Crippen molar-refractivity contribution >= 4 is 17.7 Å². The number of nitrogens with zero attached hydrogens (tertiary/aromatic N) is 1. The Morgan fingerprint density at radius 2 is 1.79 bits per heavy atom. The minimum absolute atomic E-state index is 0.103. The fourth-order valence-corrected chi connectivity index (χ4v) is 4.89. The molecule has 2 aromatic rings. The van der Waals surface area contributed by atoms with Crippen LogP contribution < -0.4 is 9.47 Å². The molecule has 0 aliphatic carbocycles. The third kappa shape index (κ3) is 4.64. The van der Waals surface area contributed by atoms with E-state index in [1.165, 1.54) is 5.56 Å². The highest BCUT2D eigenvalue weighted by atomic mass is 32.2. The van der Waals surface area contributed by atoms with E-state index in [4.69, 9.17) is 9.47 Å². The average Bonchev–Trinajstić information content (AvgIpc) is 2.74. The largest absolute Gasteiger partial charge is 0.486 e. The molecule has 0 radical (unpaired) electrons. The standard InChI is InChI=1S/C23H27NO3S/c1-17(28-20-7-8-21-22(16-20)27-14-13-26-21)23(25)24-11-9-19(10-12-24)15-18-5-3-2-4-6-18/h2-8,16-17,19H,9-15H2,1H3. The van der Waals surface area contributed by atoms with Gasteiger partial charge in [0.25, 0.3) is 0 Å². The van der Waals surface area contributed by atoms with Crippen LogP contribution >= 0.6 is 11.8 Å². The normalized spacial score (nSPS) is 18.0. The predicted octanol–water partition coefficient (Wildman–Crippen LogP) is 4.42. The lowest BCUT2D eigenvalue weighted by molar-refractivity contribution is -0.131. The van der Waals surface area contributed by atoms with Crippen molar-refractivity contribution in [1.82, 2.24) is 4.90 Å². The van der Waals surface area contributed by atoms with Crippen molar-refractivity contribution in [2.24, 2.45) is 5.92 Å². The van der Waals surface area contributed by atoms with Gasteiger partial charge < -0.3 is 14.4 Å². The Bertz CT molecular complexity index is 803. The van der Waals surface area contributed by atoms with E-state index in [1.807, 2.05) is 30.0 Å². The first-order chi connectivity index (χ1) is 13.7. The fraction of sp³-hybridized carbons (Fsp3) is 0.435. The molecule has 0 saturated carbocycles. The molecule has 148 valence electrons. The minimum atomic E-state index is -0.103. The summed E-state index contributed by atoms with van der Waals surface area (Å²) in [5.74, 6) is 2.47. The average molecular weight is 398 g/mol. The molecule has 2 aliphatic heterocycles. The number of ether oxygens (including phenoxy) is 2. The number of carbonyl (C=O) groups excluding carboxylic acids is 1. The maximum atomic E-state index is 12.9. The van der Waals surface area contributed by atoms with Gasteiger partial charge in [0.15, 0.2) is 11.5 Å². The zero-order chi connectivity index (χ0) is 19.3. The molecule has 1 saturated heterocycles. The second-order valence-electron chi connectivity index (χ2n) is 7.52. The van der Waals surface area contributed by atoms with Gasteiger partial charge in [-0.1, -0.05) is 30.3 Å². The van der Waals surface area contributed by atoms with Gasteiger partial charge in [-0.3, -0.25) is 4.79 Å². The number of fused-ring (bicyclic) bond motifs is 1. The lowest BCUT2D eigenvalue weighted by Gasteiger charge is -2.33. The molecule has 2 aliphatic rings. The number of rotatable bonds is 5. The molecule has 2 heterocycles. The van der Waals surface area contributed by atoms with E-state index < -0.39 is 0 Å². The van der Waals surface area contributed by atoms with Crippen molar-refractivity contribution in [3.8, 4) is 11.5 Å². The molecule has 4 rings (SSSR count). The molecular weight excluding hydrogens is 370 g/mol. The van der Waals surface area contributed by atoms with Crippen LogP contribution in [-0.2, 0) is 11.2 Å². The van der Waals surface area contributed by atoms with Crippen LogP contribution in [0.1, 0.15) is 25.3 Å². The van der Waals surface area contributed by atoms with Gasteiger partial charge in [-0.05, 0) is 55.9 Å². The summed E-state index contributed by atoms with van der Waals surface area (Å²) in [6.07, 6.45) is 3.29. The van der Waals surface area contributed by atoms with Gasteiger partial charge in [-0.15, -0.1) is 11.8 Å². The van der Waals surface area contributed by atoms with Gasteiger partial charge >= 0.3 is 0 Å². The molecular formula is C23H27NO3S. The van der Waals surface area contributed by atoms with Gasteiger partial charge in [0.05, 0.1) is 5.25 Å². The second kappa shape index (κ2) is 8.91. The van der Waals surface area contributed by atoms with Crippen molar-refractivity contribution in [2.75, 3.05) is 26.3 Å². The Labute approximate surface area is 171 Å². The van der Waals surface area contributed by atoms with Gasteiger partial charge in [0.2, 0.25) is 5.91 Å². The highest BCUT2D eigenvalue weighted by Crippen LogP contribution is 2.36. The molecule has 0 N–H and O–H groups in total. The van der Waals surface area contributed by atoms with E-state index >= 15 is 0 Å². The number of amides is 1. The Hall–Kier alpha value is -2.14. The van der Waals surface area contributed by atoms with E-state index in [9.17, 15) is 4.79 Å². The lowest BCUT2D eigenvalue weighted by atomic mass is 9.90. The number of hydrogen-bond acceptors (Lipinski definition) is 4. The molecule has 0 bridgehead atoms. The van der Waals surface area contributed by atoms with Crippen molar-refractivity contribution in [3.05, 3.63) is 54.1 Å². The Morgan fingerprint density at radius 3 is 2.54 bits per heavy atom. The van der Waals surface area contributed by atoms with E-state index in [-0.39, 0.29) is 11.2 Å². The lowest BCUT2D eigenvalue weighted by Crippen LogP contribution is -2.42. The zero-order valence-electron chi connectivity index (χ0n) is 16.3. The van der Waals surface area contributed by atoms with Crippen molar-refractivity contribution < 1.29 is 14.3 Å². The first-order valence-electron chi connectivity index (χ1n) is 10.1. The summed E-state index contributed by atoms with van der Waals surface area (Å²) in [6.45, 7) is 4.90. The molecule has 1 amide bonds. The van der Waals surface area contributed by atoms with Crippen LogP contribution in [0.2, 0.25) is 0 Å². The maximum Gasteiger partial charge on any atom is 0.235 e. The van der Waals surface area contributed by atoms with Crippen LogP contribution in [0.4, 0.5) is 0 Å². The van der Waals surface area contributed by atoms with E-state index in [1.54, 1.807) is 11.8 Å². The highest BCUT2D eigenvalue weighted by Gasteiger charge is 2.27. The van der Waals surface area contributed by atoms with E-state index in [2.05, 4.69) is 30.3 Å². The number of likely N-dealkylation sites (tertiary alicyclic amines) is 1. The molecule has 28 heavy (non-hydrogen) atoms. The molecule has 1 fully saturated rings. The van der Waals surface area contributed by atoms with Gasteiger partial charge in [0, 0.05) is 18.0 Å². The molecule has 1 atom stereocenters. The first kappa shape index (κ1) is 19.2. The van der Waals surface area contributed by atoms with Gasteiger partial charge in [0.1, 0.15) is 13.2 Å². The monoisotopic (exact) mass is 397 g/mol. The summed E-state index contributed by atoms with van der Waals surface area (Å²) in [7, 11) is 0. The summed E-state index contributed by atoms with van der Waals surface area (Å²) in [5.41, 5.74) is 1.40. The fourth-order valence-electron chi connectivity index (χ4n) is 3.91. The van der Waals surface area contributed by atoms with Crippen LogP contribution in [0.15, 0.2) is 53.4 Å². The zero-order valence-corrected chi connectivity index (χ0v) is 17.1. The summed E-state index contributed by atoms with van der Waals surface area (Å²) < 4.78 is 11.2. The highest BCUT2D eigenvalue weighted by molar-refractivity contribution is 8.00. The topological polar surface area (TPSA) is 38.8 Å². The Morgan fingerprint density at radius 1 is 1.07 bits per heavy atom. The van der Waals surface area contributed by atoms with E-state index in [0.29, 0.717) is 19.1 Å². The number of benzene rings is 2. The van der Waals surface area contributed by atoms with Crippen molar-refractivity contribution in [3.63, 3.8) is 0 Å². The Balaban J connectivity index is 1.29. The molecule has 0 spiro atoms. The predicted molar refractivity (Wildman–Crippen MR) is 112 cm³/mol. The molecule has 2 aromatic carbocycles. The number of thioether (sulfide) groups is 1. The maximum absolute atomic E-state index is 12.9. The van der Waals surface area contributed by atoms with Crippen LogP contribution in [0.3, 0.4) is 0 Å². The second-order valence-corrected chi connectivity index (χ2v) is 8.94. The molecule has 5 heteroatoms. The number of hydrogen-bond donors (Lipinski definition) is 0. The van der Waals surface area contributed by atoms with Gasteiger partial charge in [-0.25, -0.2) is 0 Å². The molecule has 1 unspecified atom stereocenters. The third-order valence-corrected chi connectivity index (χ3v) is 6.55. The van der Waals surface area contributed by atoms with Gasteiger partial charge in [-0.2, -0.15) is 0 Å². The van der Waals surface area contributed by atoms with E-state index in [0.717, 1.165) is 48.7 Å². The number of piperidine rings is 1. The van der Waals surface area contributed by atoms with Crippen molar-refractivity contribution in [1.29, 1.82) is 0 Å². The first-order valence-corrected chi connectivity index (χ1v) is 11.0. The summed E-state index contributed by atoms with van der Waals surface area (Å²) in [4.78, 5) is 16.0. The summed E-state index contributed by atoms with van der Waals surface area (Å²) in [5, 5.41) is -0.103. The summed E-state index contributed by atoms with van der Waals surface area (Å²) >= 11 is 1.59. The summed E-state index contributed by atoms with van der Waals surface area (Å²) in [6, 6.07) is 16.6. The van der Waals surface area contributed by atoms with Crippen LogP contribution in [0, 0.1) is 5.92 Å². The minimum Gasteiger partial charge on any atom is -0.486 e. The third-order valence-electron chi connectivity index (χ3n) is 5.47. The van der Waals surface area contributed by atoms with Crippen LogP contribution in [-0.4, -0.2) is 42.4 Å². The Kier molecular flexibility index (Phi) is 6.10. The van der Waals surface area contributed by atoms with Crippen LogP contribution in [0.5, 0.6) is 11.5 Å². The van der Waals surface area contributed by atoms with Crippen LogP contribution in [0.25, 0.3) is 0 Å². The SMILES string of the molecule is CC(Sc1ccc2c(c1)OCCO2)C(=O)N1CCC(Cc2ccccc2)CC1. The molecule has 0 aromatic heterocycles. The quantitative estimate of drug-likeness (QED) is 0.700. The number of carbonyl (C=O) groups is 1. The molecule has 4 nitrogen and oxygen atoms in total.